The van der Waals surface area contributed by atoms with E-state index in [9.17, 15) is 14.7 Å². The average Bonchev–Trinajstić information content (AvgIpc) is 2.37. The summed E-state index contributed by atoms with van der Waals surface area (Å²) in [5.74, 6) is -2.02. The van der Waals surface area contributed by atoms with E-state index in [1.54, 1.807) is 31.2 Å². The smallest absolute Gasteiger partial charge is 0.379 e. The van der Waals surface area contributed by atoms with Crippen LogP contribution >= 0.6 is 15.9 Å². The van der Waals surface area contributed by atoms with Gasteiger partial charge in [0.15, 0.2) is 0 Å². The van der Waals surface area contributed by atoms with E-state index in [2.05, 4.69) is 20.7 Å². The number of hydrogen-bond donors (Lipinski definition) is 1. The number of benzene rings is 1. The molecule has 4 nitrogen and oxygen atoms in total. The molecule has 0 aliphatic rings. The first-order chi connectivity index (χ1) is 8.47. The fourth-order valence-corrected chi connectivity index (χ4v) is 1.55. The molecule has 0 atom stereocenters. The maximum atomic E-state index is 11.6. The van der Waals surface area contributed by atoms with Crippen molar-refractivity contribution in [3.05, 3.63) is 39.9 Å². The topological polar surface area (TPSA) is 63.6 Å². The van der Waals surface area contributed by atoms with E-state index in [1.165, 1.54) is 6.92 Å². The largest absolute Gasteiger partial charge is 0.507 e. The quantitative estimate of drug-likeness (QED) is 0.402. The SMILES string of the molecule is CCOC(=O)C(=O)/C(C)=C(\O)c1ccc(Br)cc1. The second-order valence-electron chi connectivity index (χ2n) is 3.53. The molecule has 0 aliphatic heterocycles. The minimum atomic E-state index is -0.960. The number of aliphatic hydroxyl groups is 1. The Morgan fingerprint density at radius 1 is 1.28 bits per heavy atom. The molecule has 96 valence electrons. The fourth-order valence-electron chi connectivity index (χ4n) is 1.28. The number of ether oxygens (including phenoxy) is 1. The zero-order valence-electron chi connectivity index (χ0n) is 10.1. The minimum absolute atomic E-state index is 0.0317. The van der Waals surface area contributed by atoms with Crippen LogP contribution in [0.1, 0.15) is 19.4 Å². The molecule has 5 heteroatoms. The summed E-state index contributed by atoms with van der Waals surface area (Å²) in [4.78, 5) is 22.9. The molecule has 1 N–H and O–H groups in total. The van der Waals surface area contributed by atoms with Gasteiger partial charge in [0.05, 0.1) is 6.61 Å². The van der Waals surface area contributed by atoms with E-state index < -0.39 is 11.8 Å². The Hall–Kier alpha value is -1.62. The highest BCUT2D eigenvalue weighted by Gasteiger charge is 2.20. The summed E-state index contributed by atoms with van der Waals surface area (Å²) in [7, 11) is 0. The molecule has 0 saturated carbocycles. The zero-order valence-corrected chi connectivity index (χ0v) is 11.7. The highest BCUT2D eigenvalue weighted by molar-refractivity contribution is 9.10. The Balaban J connectivity index is 3.01. The first-order valence-corrected chi connectivity index (χ1v) is 6.14. The average molecular weight is 313 g/mol. The second kappa shape index (κ2) is 6.35. The van der Waals surface area contributed by atoms with Crippen LogP contribution in [0.4, 0.5) is 0 Å². The summed E-state index contributed by atoms with van der Waals surface area (Å²) in [5.41, 5.74) is 0.434. The van der Waals surface area contributed by atoms with E-state index in [1.807, 2.05) is 0 Å². The van der Waals surface area contributed by atoms with Crippen LogP contribution in [-0.2, 0) is 14.3 Å². The van der Waals surface area contributed by atoms with Crippen LogP contribution in [0.2, 0.25) is 0 Å². The van der Waals surface area contributed by atoms with Crippen molar-refractivity contribution in [3.63, 3.8) is 0 Å². The van der Waals surface area contributed by atoms with E-state index in [0.29, 0.717) is 5.56 Å². The Morgan fingerprint density at radius 3 is 2.33 bits per heavy atom. The van der Waals surface area contributed by atoms with Crippen LogP contribution in [0.5, 0.6) is 0 Å². The third-order valence-corrected chi connectivity index (χ3v) is 2.80. The lowest BCUT2D eigenvalue weighted by atomic mass is 10.1. The number of esters is 1. The summed E-state index contributed by atoms with van der Waals surface area (Å²) in [6.45, 7) is 3.12. The first-order valence-electron chi connectivity index (χ1n) is 5.34. The lowest BCUT2D eigenvalue weighted by molar-refractivity contribution is -0.151. The molecule has 1 aromatic carbocycles. The minimum Gasteiger partial charge on any atom is -0.507 e. The van der Waals surface area contributed by atoms with Gasteiger partial charge in [-0.15, -0.1) is 0 Å². The molecule has 0 fully saturated rings. The van der Waals surface area contributed by atoms with Gasteiger partial charge in [-0.2, -0.15) is 0 Å². The molecule has 0 radical (unpaired) electrons. The van der Waals surface area contributed by atoms with Gasteiger partial charge >= 0.3 is 5.97 Å². The standard InChI is InChI=1S/C13H13BrO4/c1-3-18-13(17)12(16)8(2)11(15)9-4-6-10(14)7-5-9/h4-7,15H,3H2,1-2H3/b11-8-. The summed E-state index contributed by atoms with van der Waals surface area (Å²) in [6, 6.07) is 6.74. The molecule has 1 aromatic rings. The van der Waals surface area contributed by atoms with Crippen LogP contribution in [-0.4, -0.2) is 23.5 Å². The molecule has 1 rings (SSSR count). The third kappa shape index (κ3) is 3.43. The number of aliphatic hydroxyl groups excluding tert-OH is 1. The van der Waals surface area contributed by atoms with Crippen molar-refractivity contribution in [3.8, 4) is 0 Å². The van der Waals surface area contributed by atoms with Crippen LogP contribution < -0.4 is 0 Å². The number of carbonyl (C=O) groups excluding carboxylic acids is 2. The van der Waals surface area contributed by atoms with Crippen molar-refractivity contribution in [1.29, 1.82) is 0 Å². The van der Waals surface area contributed by atoms with Gasteiger partial charge in [-0.05, 0) is 26.0 Å². The lowest BCUT2D eigenvalue weighted by Crippen LogP contribution is -2.19. The van der Waals surface area contributed by atoms with Crippen molar-refractivity contribution in [2.24, 2.45) is 0 Å². The van der Waals surface area contributed by atoms with Crippen LogP contribution in [0, 0.1) is 0 Å². The van der Waals surface area contributed by atoms with Gasteiger partial charge < -0.3 is 9.84 Å². The van der Waals surface area contributed by atoms with E-state index in [-0.39, 0.29) is 17.9 Å². The maximum Gasteiger partial charge on any atom is 0.379 e. The monoisotopic (exact) mass is 312 g/mol. The summed E-state index contributed by atoms with van der Waals surface area (Å²) in [6.07, 6.45) is 0. The number of Topliss-reactive ketones (excluding diaryl/α,β-unsaturated/α-hetero) is 1. The molecule has 0 bridgehead atoms. The van der Waals surface area contributed by atoms with Crippen molar-refractivity contribution < 1.29 is 19.4 Å². The molecule has 0 aliphatic carbocycles. The summed E-state index contributed by atoms with van der Waals surface area (Å²) < 4.78 is 5.44. The summed E-state index contributed by atoms with van der Waals surface area (Å²) >= 11 is 3.27. The molecular weight excluding hydrogens is 300 g/mol. The highest BCUT2D eigenvalue weighted by Crippen LogP contribution is 2.19. The Bertz CT molecular complexity index is 488. The van der Waals surface area contributed by atoms with Crippen molar-refractivity contribution in [1.82, 2.24) is 0 Å². The van der Waals surface area contributed by atoms with Crippen molar-refractivity contribution in [2.45, 2.75) is 13.8 Å². The molecule has 18 heavy (non-hydrogen) atoms. The molecule has 0 saturated heterocycles. The van der Waals surface area contributed by atoms with Crippen molar-refractivity contribution in [2.75, 3.05) is 6.61 Å². The molecule has 0 spiro atoms. The molecule has 0 aromatic heterocycles. The van der Waals surface area contributed by atoms with Crippen LogP contribution in [0.3, 0.4) is 0 Å². The van der Waals surface area contributed by atoms with Crippen molar-refractivity contribution >= 4 is 33.4 Å². The number of hydrogen-bond acceptors (Lipinski definition) is 4. The second-order valence-corrected chi connectivity index (χ2v) is 4.45. The number of ketones is 1. The summed E-state index contributed by atoms with van der Waals surface area (Å²) in [5, 5.41) is 9.90. The number of carbonyl (C=O) groups is 2. The zero-order chi connectivity index (χ0) is 13.7. The first kappa shape index (κ1) is 14.4. The fraction of sp³-hybridized carbons (Fsp3) is 0.231. The van der Waals surface area contributed by atoms with Crippen LogP contribution in [0.15, 0.2) is 34.3 Å². The van der Waals surface area contributed by atoms with Gasteiger partial charge in [0.25, 0.3) is 5.78 Å². The lowest BCUT2D eigenvalue weighted by Gasteiger charge is -2.05. The Morgan fingerprint density at radius 2 is 1.83 bits per heavy atom. The third-order valence-electron chi connectivity index (χ3n) is 2.27. The van der Waals surface area contributed by atoms with E-state index >= 15 is 0 Å². The Labute approximate surface area is 113 Å². The van der Waals surface area contributed by atoms with E-state index in [4.69, 9.17) is 0 Å². The van der Waals surface area contributed by atoms with Gasteiger partial charge in [0.2, 0.25) is 0 Å². The van der Waals surface area contributed by atoms with Gasteiger partial charge in [-0.25, -0.2) is 4.79 Å². The predicted octanol–water partition coefficient (Wildman–Crippen LogP) is 2.87. The predicted molar refractivity (Wildman–Crippen MR) is 71.0 cm³/mol. The molecule has 0 unspecified atom stereocenters. The van der Waals surface area contributed by atoms with Gasteiger partial charge in [-0.1, -0.05) is 28.1 Å². The van der Waals surface area contributed by atoms with Gasteiger partial charge in [-0.3, -0.25) is 4.79 Å². The van der Waals surface area contributed by atoms with Gasteiger partial charge in [0.1, 0.15) is 5.76 Å². The molecular formula is C13H13BrO4. The normalized spacial score (nSPS) is 11.7. The van der Waals surface area contributed by atoms with E-state index in [0.717, 1.165) is 4.47 Å². The van der Waals surface area contributed by atoms with Crippen LogP contribution in [0.25, 0.3) is 5.76 Å². The Kier molecular flexibility index (Phi) is 5.09. The molecule has 0 amide bonds. The number of halogens is 1. The number of rotatable bonds is 4. The molecule has 0 heterocycles. The maximum absolute atomic E-state index is 11.6. The van der Waals surface area contributed by atoms with Gasteiger partial charge in [0, 0.05) is 15.6 Å². The highest BCUT2D eigenvalue weighted by atomic mass is 79.9.